The minimum absolute atomic E-state index is 0.0841. The second kappa shape index (κ2) is 3.57. The fraction of sp³-hybridized carbons (Fsp3) is 0.333. The van der Waals surface area contributed by atoms with Crippen molar-refractivity contribution in [1.82, 2.24) is 4.98 Å². The minimum Gasteiger partial charge on any atom is -0.370 e. The van der Waals surface area contributed by atoms with Crippen LogP contribution in [-0.4, -0.2) is 18.1 Å². The number of aromatic amines is 1. The van der Waals surface area contributed by atoms with Gasteiger partial charge in [-0.3, -0.25) is 0 Å². The molecule has 1 unspecified atom stereocenters. The predicted molar refractivity (Wildman–Crippen MR) is 59.7 cm³/mol. The zero-order chi connectivity index (χ0) is 11.1. The maximum atomic E-state index is 13.1. The Morgan fingerprint density at radius 3 is 3.19 bits per heavy atom. The number of fused-ring (bicyclic) bond motifs is 3. The molecular weight excluding hydrogens is 207 g/mol. The van der Waals surface area contributed by atoms with Crippen molar-refractivity contribution >= 4 is 10.9 Å². The predicted octanol–water partition coefficient (Wildman–Crippen LogP) is 1.88. The molecule has 1 aliphatic heterocycles. The largest absolute Gasteiger partial charge is 0.370 e. The maximum absolute atomic E-state index is 13.1. The average Bonchev–Trinajstić information content (AvgIpc) is 2.65. The van der Waals surface area contributed by atoms with Gasteiger partial charge in [-0.2, -0.15) is 0 Å². The zero-order valence-electron chi connectivity index (χ0n) is 8.79. The van der Waals surface area contributed by atoms with Gasteiger partial charge in [0.1, 0.15) is 11.9 Å². The van der Waals surface area contributed by atoms with Gasteiger partial charge in [0.05, 0.1) is 6.61 Å². The van der Waals surface area contributed by atoms with Gasteiger partial charge < -0.3 is 15.5 Å². The highest BCUT2D eigenvalue weighted by molar-refractivity contribution is 5.85. The van der Waals surface area contributed by atoms with Crippen molar-refractivity contribution in [2.75, 3.05) is 13.2 Å². The molecule has 3 N–H and O–H groups in total. The van der Waals surface area contributed by atoms with Crippen LogP contribution in [-0.2, 0) is 11.2 Å². The Morgan fingerprint density at radius 2 is 2.38 bits per heavy atom. The molecule has 0 fully saturated rings. The van der Waals surface area contributed by atoms with Crippen LogP contribution in [0.25, 0.3) is 10.9 Å². The van der Waals surface area contributed by atoms with Crippen LogP contribution >= 0.6 is 0 Å². The van der Waals surface area contributed by atoms with Crippen LogP contribution in [0.1, 0.15) is 17.4 Å². The molecule has 3 rings (SSSR count). The fourth-order valence-corrected chi connectivity index (χ4v) is 2.37. The standard InChI is InChI=1S/C12H13FN2O/c13-7-1-2-8-9-3-4-16-11(6-14)12(9)15-10(8)5-7/h1-2,5,11,15H,3-4,6,14H2. The van der Waals surface area contributed by atoms with Gasteiger partial charge in [0.25, 0.3) is 0 Å². The van der Waals surface area contributed by atoms with Crippen molar-refractivity contribution in [3.05, 3.63) is 35.3 Å². The fourth-order valence-electron chi connectivity index (χ4n) is 2.37. The summed E-state index contributed by atoms with van der Waals surface area (Å²) >= 11 is 0. The first-order valence-electron chi connectivity index (χ1n) is 5.41. The number of H-pyrrole nitrogens is 1. The highest BCUT2D eigenvalue weighted by Crippen LogP contribution is 2.32. The van der Waals surface area contributed by atoms with Gasteiger partial charge in [-0.25, -0.2) is 4.39 Å². The molecule has 4 heteroatoms. The summed E-state index contributed by atoms with van der Waals surface area (Å²) in [4.78, 5) is 3.21. The van der Waals surface area contributed by atoms with Crippen molar-refractivity contribution in [3.63, 3.8) is 0 Å². The molecule has 0 aliphatic carbocycles. The molecule has 1 atom stereocenters. The molecule has 0 saturated carbocycles. The van der Waals surface area contributed by atoms with E-state index in [9.17, 15) is 4.39 Å². The van der Waals surface area contributed by atoms with Crippen LogP contribution in [0.15, 0.2) is 18.2 Å². The third-order valence-corrected chi connectivity index (χ3v) is 3.11. The first kappa shape index (κ1) is 9.81. The SMILES string of the molecule is NCC1OCCc2c1[nH]c1cc(F)ccc21. The van der Waals surface area contributed by atoms with Crippen molar-refractivity contribution in [3.8, 4) is 0 Å². The van der Waals surface area contributed by atoms with Crippen LogP contribution in [0.3, 0.4) is 0 Å². The molecule has 1 aromatic carbocycles. The molecule has 0 amide bonds. The number of nitrogens with two attached hydrogens (primary N) is 1. The second-order valence-electron chi connectivity index (χ2n) is 4.05. The van der Waals surface area contributed by atoms with Crippen molar-refractivity contribution in [2.24, 2.45) is 5.73 Å². The second-order valence-corrected chi connectivity index (χ2v) is 4.05. The lowest BCUT2D eigenvalue weighted by Gasteiger charge is -2.21. The van der Waals surface area contributed by atoms with E-state index in [4.69, 9.17) is 10.5 Å². The molecule has 1 aromatic heterocycles. The summed E-state index contributed by atoms with van der Waals surface area (Å²) in [5.74, 6) is -0.226. The van der Waals surface area contributed by atoms with Crippen LogP contribution in [0, 0.1) is 5.82 Å². The Hall–Kier alpha value is -1.39. The third-order valence-electron chi connectivity index (χ3n) is 3.11. The van der Waals surface area contributed by atoms with E-state index in [1.807, 2.05) is 6.07 Å². The summed E-state index contributed by atoms with van der Waals surface area (Å²) < 4.78 is 18.7. The number of rotatable bonds is 1. The van der Waals surface area contributed by atoms with Crippen LogP contribution in [0.5, 0.6) is 0 Å². The molecule has 3 nitrogen and oxygen atoms in total. The van der Waals surface area contributed by atoms with E-state index < -0.39 is 0 Å². The van der Waals surface area contributed by atoms with Crippen LogP contribution in [0.4, 0.5) is 4.39 Å². The Morgan fingerprint density at radius 1 is 1.50 bits per heavy atom. The van der Waals surface area contributed by atoms with Crippen molar-refractivity contribution in [2.45, 2.75) is 12.5 Å². The Balaban J connectivity index is 2.24. The summed E-state index contributed by atoms with van der Waals surface area (Å²) in [6.07, 6.45) is 0.775. The van der Waals surface area contributed by atoms with E-state index in [2.05, 4.69) is 4.98 Å². The Kier molecular flexibility index (Phi) is 2.19. The quantitative estimate of drug-likeness (QED) is 0.771. The number of halogens is 1. The van der Waals surface area contributed by atoms with E-state index in [0.29, 0.717) is 13.2 Å². The third kappa shape index (κ3) is 1.34. The molecule has 2 aromatic rings. The van der Waals surface area contributed by atoms with Gasteiger partial charge in [0.15, 0.2) is 0 Å². The average molecular weight is 220 g/mol. The first-order valence-corrected chi connectivity index (χ1v) is 5.41. The van der Waals surface area contributed by atoms with Crippen LogP contribution < -0.4 is 5.73 Å². The smallest absolute Gasteiger partial charge is 0.125 e. The molecule has 0 bridgehead atoms. The number of aromatic nitrogens is 1. The van der Waals surface area contributed by atoms with E-state index in [0.717, 1.165) is 23.0 Å². The summed E-state index contributed by atoms with van der Waals surface area (Å²) in [5.41, 5.74) is 8.71. The number of hydrogen-bond acceptors (Lipinski definition) is 2. The maximum Gasteiger partial charge on any atom is 0.125 e. The van der Waals surface area contributed by atoms with Gasteiger partial charge in [-0.05, 0) is 30.2 Å². The van der Waals surface area contributed by atoms with Crippen LogP contribution in [0.2, 0.25) is 0 Å². The summed E-state index contributed by atoms with van der Waals surface area (Å²) in [7, 11) is 0. The Bertz CT molecular complexity index is 535. The molecule has 0 spiro atoms. The lowest BCUT2D eigenvalue weighted by molar-refractivity contribution is 0.0463. The van der Waals surface area contributed by atoms with Crippen molar-refractivity contribution < 1.29 is 9.13 Å². The molecule has 0 saturated heterocycles. The molecule has 2 heterocycles. The van der Waals surface area contributed by atoms with Gasteiger partial charge in [-0.15, -0.1) is 0 Å². The number of nitrogens with one attached hydrogen (secondary N) is 1. The number of hydrogen-bond donors (Lipinski definition) is 2. The summed E-state index contributed by atoms with van der Waals surface area (Å²) in [6.45, 7) is 1.13. The monoisotopic (exact) mass is 220 g/mol. The summed E-state index contributed by atoms with van der Waals surface area (Å²) in [5, 5.41) is 1.08. The lowest BCUT2D eigenvalue weighted by Crippen LogP contribution is -2.22. The summed E-state index contributed by atoms with van der Waals surface area (Å²) in [6, 6.07) is 4.82. The molecule has 84 valence electrons. The zero-order valence-corrected chi connectivity index (χ0v) is 8.79. The van der Waals surface area contributed by atoms with E-state index in [1.54, 1.807) is 0 Å². The highest BCUT2D eigenvalue weighted by atomic mass is 19.1. The van der Waals surface area contributed by atoms with E-state index in [1.165, 1.54) is 17.7 Å². The van der Waals surface area contributed by atoms with E-state index in [-0.39, 0.29) is 11.9 Å². The highest BCUT2D eigenvalue weighted by Gasteiger charge is 2.23. The topological polar surface area (TPSA) is 51.0 Å². The number of ether oxygens (including phenoxy) is 1. The molecule has 0 radical (unpaired) electrons. The van der Waals surface area contributed by atoms with Gasteiger partial charge in [-0.1, -0.05) is 0 Å². The molecule has 16 heavy (non-hydrogen) atoms. The molecule has 1 aliphatic rings. The first-order chi connectivity index (χ1) is 7.79. The van der Waals surface area contributed by atoms with E-state index >= 15 is 0 Å². The Labute approximate surface area is 92.4 Å². The minimum atomic E-state index is -0.226. The van der Waals surface area contributed by atoms with Gasteiger partial charge in [0, 0.05) is 23.1 Å². The number of benzene rings is 1. The van der Waals surface area contributed by atoms with Gasteiger partial charge >= 0.3 is 0 Å². The normalized spacial score (nSPS) is 20.0. The lowest BCUT2D eigenvalue weighted by atomic mass is 10.0. The molecular formula is C12H13FN2O. The van der Waals surface area contributed by atoms with Gasteiger partial charge in [0.2, 0.25) is 0 Å². The van der Waals surface area contributed by atoms with Crippen molar-refractivity contribution in [1.29, 1.82) is 0 Å².